The summed E-state index contributed by atoms with van der Waals surface area (Å²) in [5.41, 5.74) is 2.16. The van der Waals surface area contributed by atoms with E-state index in [1.165, 1.54) is 0 Å². The highest BCUT2D eigenvalue weighted by Crippen LogP contribution is 2.31. The molecule has 0 radical (unpaired) electrons. The number of halogens is 1. The molecule has 1 aromatic carbocycles. The average Bonchev–Trinajstić information content (AvgIpc) is 3.20. The molecular weight excluding hydrogens is 324 g/mol. The highest BCUT2D eigenvalue weighted by atomic mass is 35.5. The number of carbonyl (C=O) groups excluding carboxylic acids is 1. The van der Waals surface area contributed by atoms with Crippen LogP contribution < -0.4 is 5.32 Å². The van der Waals surface area contributed by atoms with Gasteiger partial charge < -0.3 is 14.8 Å². The Hall–Kier alpha value is -2.01. The van der Waals surface area contributed by atoms with Gasteiger partial charge in [-0.25, -0.2) is 4.98 Å². The second kappa shape index (κ2) is 6.13. The van der Waals surface area contributed by atoms with Crippen LogP contribution in [0.5, 0.6) is 0 Å². The van der Waals surface area contributed by atoms with Crippen LogP contribution in [0.4, 0.5) is 5.69 Å². The number of nitrogens with zero attached hydrogens (tertiary/aromatic N) is 3. The van der Waals surface area contributed by atoms with Gasteiger partial charge in [-0.3, -0.25) is 4.79 Å². The fraction of sp³-hybridized carbons (Fsp3) is 0.444. The van der Waals surface area contributed by atoms with Crippen molar-refractivity contribution in [3.05, 3.63) is 47.0 Å². The van der Waals surface area contributed by atoms with Gasteiger partial charge in [-0.2, -0.15) is 0 Å². The predicted molar refractivity (Wildman–Crippen MR) is 94.3 cm³/mol. The summed E-state index contributed by atoms with van der Waals surface area (Å²) in [5.74, 6) is 1.77. The van der Waals surface area contributed by atoms with E-state index >= 15 is 0 Å². The van der Waals surface area contributed by atoms with E-state index in [1.54, 1.807) is 0 Å². The SMILES string of the molecule is Cn1ccnc1C1CCN(C(=O)C2Cc3cc(Cl)ccc3N2)CC1. The smallest absolute Gasteiger partial charge is 0.245 e. The third kappa shape index (κ3) is 2.77. The van der Waals surface area contributed by atoms with Gasteiger partial charge in [0.1, 0.15) is 11.9 Å². The van der Waals surface area contributed by atoms with Gasteiger partial charge in [-0.15, -0.1) is 0 Å². The molecule has 1 N–H and O–H groups in total. The molecule has 1 fully saturated rings. The van der Waals surface area contributed by atoms with Crippen LogP contribution in [0.25, 0.3) is 0 Å². The van der Waals surface area contributed by atoms with Gasteiger partial charge in [0, 0.05) is 55.6 Å². The molecular formula is C18H21ClN4O. The lowest BCUT2D eigenvalue weighted by Crippen LogP contribution is -2.45. The first kappa shape index (κ1) is 15.5. The number of imidazole rings is 1. The third-order valence-corrected chi connectivity index (χ3v) is 5.38. The number of amides is 1. The molecule has 4 rings (SSSR count). The number of carbonyl (C=O) groups is 1. The van der Waals surface area contributed by atoms with Crippen molar-refractivity contribution in [2.75, 3.05) is 18.4 Å². The summed E-state index contributed by atoms with van der Waals surface area (Å²) in [4.78, 5) is 19.3. The number of hydrogen-bond donors (Lipinski definition) is 1. The predicted octanol–water partition coefficient (Wildman–Crippen LogP) is 2.82. The third-order valence-electron chi connectivity index (χ3n) is 5.15. The molecule has 1 aromatic heterocycles. The zero-order valence-electron chi connectivity index (χ0n) is 13.7. The van der Waals surface area contributed by atoms with Gasteiger partial charge in [-0.05, 0) is 36.6 Å². The van der Waals surface area contributed by atoms with Gasteiger partial charge in [-0.1, -0.05) is 11.6 Å². The molecule has 1 atom stereocenters. The van der Waals surface area contributed by atoms with Crippen molar-refractivity contribution in [2.45, 2.75) is 31.2 Å². The van der Waals surface area contributed by atoms with Gasteiger partial charge >= 0.3 is 0 Å². The summed E-state index contributed by atoms with van der Waals surface area (Å²) in [6.07, 6.45) is 6.49. The van der Waals surface area contributed by atoms with E-state index < -0.39 is 0 Å². The molecule has 0 saturated carbocycles. The number of rotatable bonds is 2. The van der Waals surface area contributed by atoms with E-state index in [0.29, 0.717) is 12.3 Å². The first-order valence-electron chi connectivity index (χ1n) is 8.43. The molecule has 2 aliphatic heterocycles. The van der Waals surface area contributed by atoms with E-state index in [-0.39, 0.29) is 11.9 Å². The molecule has 5 nitrogen and oxygen atoms in total. The number of nitrogens with one attached hydrogen (secondary N) is 1. The van der Waals surface area contributed by atoms with Gasteiger partial charge in [0.15, 0.2) is 0 Å². The molecule has 0 spiro atoms. The molecule has 0 aliphatic carbocycles. The molecule has 2 aromatic rings. The van der Waals surface area contributed by atoms with Crippen LogP contribution in [0.1, 0.15) is 30.1 Å². The highest BCUT2D eigenvalue weighted by molar-refractivity contribution is 6.30. The van der Waals surface area contributed by atoms with Crippen LogP contribution in [0.15, 0.2) is 30.6 Å². The van der Waals surface area contributed by atoms with Crippen LogP contribution >= 0.6 is 11.6 Å². The average molecular weight is 345 g/mol. The van der Waals surface area contributed by atoms with Crippen molar-refractivity contribution in [1.29, 1.82) is 0 Å². The maximum atomic E-state index is 12.8. The minimum Gasteiger partial charge on any atom is -0.373 e. The molecule has 1 unspecified atom stereocenters. The lowest BCUT2D eigenvalue weighted by molar-refractivity contribution is -0.133. The van der Waals surface area contributed by atoms with Crippen molar-refractivity contribution in [3.8, 4) is 0 Å². The van der Waals surface area contributed by atoms with Gasteiger partial charge in [0.25, 0.3) is 0 Å². The number of piperidine rings is 1. The maximum Gasteiger partial charge on any atom is 0.245 e. The maximum absolute atomic E-state index is 12.8. The number of anilines is 1. The number of likely N-dealkylation sites (tertiary alicyclic amines) is 1. The second-order valence-electron chi connectivity index (χ2n) is 6.70. The normalized spacial score (nSPS) is 20.8. The Morgan fingerprint density at radius 2 is 2.12 bits per heavy atom. The van der Waals surface area contributed by atoms with Crippen LogP contribution in [-0.4, -0.2) is 39.5 Å². The Bertz CT molecular complexity index is 764. The fourth-order valence-corrected chi connectivity index (χ4v) is 4.02. The van der Waals surface area contributed by atoms with Crippen molar-refractivity contribution >= 4 is 23.2 Å². The Labute approximate surface area is 146 Å². The van der Waals surface area contributed by atoms with Gasteiger partial charge in [0.05, 0.1) is 0 Å². The second-order valence-corrected chi connectivity index (χ2v) is 7.13. The monoisotopic (exact) mass is 344 g/mol. The minimum atomic E-state index is -0.164. The number of fused-ring (bicyclic) bond motifs is 1. The molecule has 0 bridgehead atoms. The van der Waals surface area contributed by atoms with Crippen LogP contribution in [0.3, 0.4) is 0 Å². The van der Waals surface area contributed by atoms with E-state index in [1.807, 2.05) is 42.5 Å². The quantitative estimate of drug-likeness (QED) is 0.911. The molecule has 3 heterocycles. The van der Waals surface area contributed by atoms with Crippen LogP contribution in [0, 0.1) is 0 Å². The summed E-state index contributed by atoms with van der Waals surface area (Å²) in [6, 6.07) is 5.60. The van der Waals surface area contributed by atoms with Crippen molar-refractivity contribution in [3.63, 3.8) is 0 Å². The summed E-state index contributed by atoms with van der Waals surface area (Å²) in [7, 11) is 2.03. The minimum absolute atomic E-state index is 0.164. The highest BCUT2D eigenvalue weighted by Gasteiger charge is 2.33. The van der Waals surface area contributed by atoms with Crippen LogP contribution in [0.2, 0.25) is 5.02 Å². The molecule has 126 valence electrons. The number of hydrogen-bond acceptors (Lipinski definition) is 3. The van der Waals surface area contributed by atoms with E-state index in [0.717, 1.165) is 48.0 Å². The van der Waals surface area contributed by atoms with E-state index in [2.05, 4.69) is 14.9 Å². The number of benzene rings is 1. The summed E-state index contributed by atoms with van der Waals surface area (Å²) in [6.45, 7) is 1.59. The number of aryl methyl sites for hydroxylation is 1. The van der Waals surface area contributed by atoms with Crippen molar-refractivity contribution in [1.82, 2.24) is 14.5 Å². The van der Waals surface area contributed by atoms with E-state index in [9.17, 15) is 4.79 Å². The molecule has 1 saturated heterocycles. The van der Waals surface area contributed by atoms with Crippen molar-refractivity contribution in [2.24, 2.45) is 7.05 Å². The summed E-state index contributed by atoms with van der Waals surface area (Å²) < 4.78 is 2.08. The molecule has 1 amide bonds. The van der Waals surface area contributed by atoms with E-state index in [4.69, 9.17) is 11.6 Å². The zero-order valence-corrected chi connectivity index (χ0v) is 14.5. The Morgan fingerprint density at radius 3 is 2.83 bits per heavy atom. The largest absolute Gasteiger partial charge is 0.373 e. The Balaban J connectivity index is 1.38. The number of aromatic nitrogens is 2. The fourth-order valence-electron chi connectivity index (χ4n) is 3.83. The topological polar surface area (TPSA) is 50.2 Å². The molecule has 24 heavy (non-hydrogen) atoms. The summed E-state index contributed by atoms with van der Waals surface area (Å²) >= 11 is 6.05. The Kier molecular flexibility index (Phi) is 3.96. The lowest BCUT2D eigenvalue weighted by Gasteiger charge is -2.33. The lowest BCUT2D eigenvalue weighted by atomic mass is 9.95. The summed E-state index contributed by atoms with van der Waals surface area (Å²) in [5, 5.41) is 4.06. The standard InChI is InChI=1S/C18H21ClN4O/c1-22-9-6-20-17(22)12-4-7-23(8-5-12)18(24)16-11-13-10-14(19)2-3-15(13)21-16/h2-3,6,9-10,12,16,21H,4-5,7-8,11H2,1H3. The molecule has 2 aliphatic rings. The first-order chi connectivity index (χ1) is 11.6. The van der Waals surface area contributed by atoms with Gasteiger partial charge in [0.2, 0.25) is 5.91 Å². The first-order valence-corrected chi connectivity index (χ1v) is 8.80. The van der Waals surface area contributed by atoms with Crippen LogP contribution in [-0.2, 0) is 18.3 Å². The Morgan fingerprint density at radius 1 is 1.33 bits per heavy atom. The zero-order chi connectivity index (χ0) is 16.7. The molecule has 6 heteroatoms. The van der Waals surface area contributed by atoms with Crippen molar-refractivity contribution < 1.29 is 4.79 Å².